The normalized spacial score (nSPS) is 11.4. The first-order chi connectivity index (χ1) is 8.45. The predicted molar refractivity (Wildman–Crippen MR) is 66.6 cm³/mol. The Morgan fingerprint density at radius 2 is 2.22 bits per heavy atom. The number of hydrogen-bond acceptors (Lipinski definition) is 3. The number of aliphatic carboxylic acids is 1. The largest absolute Gasteiger partial charge is 0.480 e. The Bertz CT molecular complexity index is 526. The van der Waals surface area contributed by atoms with Gasteiger partial charge in [0.2, 0.25) is 0 Å². The summed E-state index contributed by atoms with van der Waals surface area (Å²) in [7, 11) is 0. The molecule has 2 N–H and O–H groups in total. The zero-order valence-electron chi connectivity index (χ0n) is 8.98. The predicted octanol–water partition coefficient (Wildman–Crippen LogP) is 1.59. The summed E-state index contributed by atoms with van der Waals surface area (Å²) in [5.41, 5.74) is 0.104. The van der Waals surface area contributed by atoms with Crippen LogP contribution in [-0.4, -0.2) is 28.0 Å². The number of nitrogens with zero attached hydrogens (tertiary/aromatic N) is 1. The zero-order chi connectivity index (χ0) is 13.7. The van der Waals surface area contributed by atoms with Crippen LogP contribution in [0.5, 0.6) is 0 Å². The summed E-state index contributed by atoms with van der Waals surface area (Å²) >= 11 is 11.3. The maximum atomic E-state index is 11.7. The topological polar surface area (TPSA) is 79.3 Å². The number of hydrogen-bond donors (Lipinski definition) is 2. The monoisotopic (exact) mass is 286 g/mol. The van der Waals surface area contributed by atoms with Gasteiger partial charge in [0, 0.05) is 12.6 Å². The molecule has 1 heterocycles. The lowest BCUT2D eigenvalue weighted by molar-refractivity contribution is -0.139. The first-order valence-electron chi connectivity index (χ1n) is 4.74. The SMILES string of the molecule is C#CCC(NC(=O)c1cnc(Cl)c(Cl)c1)C(=O)O. The van der Waals surface area contributed by atoms with Gasteiger partial charge in [-0.2, -0.15) is 0 Å². The van der Waals surface area contributed by atoms with E-state index in [4.69, 9.17) is 34.7 Å². The Morgan fingerprint density at radius 1 is 1.56 bits per heavy atom. The smallest absolute Gasteiger partial charge is 0.327 e. The van der Waals surface area contributed by atoms with E-state index in [1.807, 2.05) is 0 Å². The van der Waals surface area contributed by atoms with Gasteiger partial charge in [-0.1, -0.05) is 23.2 Å². The molecule has 1 aromatic rings. The van der Waals surface area contributed by atoms with Gasteiger partial charge in [-0.25, -0.2) is 9.78 Å². The van der Waals surface area contributed by atoms with Crippen molar-refractivity contribution < 1.29 is 14.7 Å². The standard InChI is InChI=1S/C11H8Cl2N2O3/c1-2-3-8(11(17)18)15-10(16)6-4-7(12)9(13)14-5-6/h1,4-5,8H,3H2,(H,15,16)(H,17,18). The lowest BCUT2D eigenvalue weighted by Crippen LogP contribution is -2.40. The van der Waals surface area contributed by atoms with Crippen LogP contribution in [0.15, 0.2) is 12.3 Å². The molecule has 1 aromatic heterocycles. The minimum absolute atomic E-state index is 0.0617. The van der Waals surface area contributed by atoms with Gasteiger partial charge in [-0.3, -0.25) is 4.79 Å². The van der Waals surface area contributed by atoms with Gasteiger partial charge < -0.3 is 10.4 Å². The number of pyridine rings is 1. The van der Waals surface area contributed by atoms with E-state index in [-0.39, 0.29) is 22.2 Å². The highest BCUT2D eigenvalue weighted by atomic mass is 35.5. The van der Waals surface area contributed by atoms with Gasteiger partial charge in [0.1, 0.15) is 11.2 Å². The third kappa shape index (κ3) is 3.62. The van der Waals surface area contributed by atoms with Crippen LogP contribution >= 0.6 is 23.2 Å². The first-order valence-corrected chi connectivity index (χ1v) is 5.49. The molecule has 0 aliphatic heterocycles. The average molecular weight is 287 g/mol. The Morgan fingerprint density at radius 3 is 2.72 bits per heavy atom. The van der Waals surface area contributed by atoms with Crippen LogP contribution in [0.1, 0.15) is 16.8 Å². The molecule has 0 spiro atoms. The van der Waals surface area contributed by atoms with Crippen molar-refractivity contribution in [3.05, 3.63) is 28.0 Å². The number of carboxylic acid groups (broad SMARTS) is 1. The number of nitrogens with one attached hydrogen (secondary N) is 1. The van der Waals surface area contributed by atoms with Crippen LogP contribution in [0.4, 0.5) is 0 Å². The van der Waals surface area contributed by atoms with Crippen LogP contribution in [0.2, 0.25) is 10.2 Å². The number of rotatable bonds is 4. The highest BCUT2D eigenvalue weighted by Gasteiger charge is 2.20. The van der Waals surface area contributed by atoms with Crippen molar-refractivity contribution in [1.29, 1.82) is 0 Å². The molecule has 94 valence electrons. The lowest BCUT2D eigenvalue weighted by atomic mass is 10.2. The molecular weight excluding hydrogens is 279 g/mol. The molecule has 0 aromatic carbocycles. The summed E-state index contributed by atoms with van der Waals surface area (Å²) in [6.45, 7) is 0. The maximum absolute atomic E-state index is 11.7. The van der Waals surface area contributed by atoms with Crippen LogP contribution < -0.4 is 5.32 Å². The van der Waals surface area contributed by atoms with Crippen LogP contribution in [0.25, 0.3) is 0 Å². The summed E-state index contributed by atoms with van der Waals surface area (Å²) in [5, 5.41) is 11.2. The molecule has 1 atom stereocenters. The molecule has 1 unspecified atom stereocenters. The molecule has 5 nitrogen and oxygen atoms in total. The van der Waals surface area contributed by atoms with E-state index < -0.39 is 17.9 Å². The van der Waals surface area contributed by atoms with Crippen molar-refractivity contribution in [2.45, 2.75) is 12.5 Å². The maximum Gasteiger partial charge on any atom is 0.327 e. The highest BCUT2D eigenvalue weighted by molar-refractivity contribution is 6.41. The van der Waals surface area contributed by atoms with Crippen molar-refractivity contribution in [2.24, 2.45) is 0 Å². The molecule has 1 rings (SSSR count). The molecule has 1 amide bonds. The molecular formula is C11H8Cl2N2O3. The summed E-state index contributed by atoms with van der Waals surface area (Å²) in [5.74, 6) is 0.319. The fourth-order valence-electron chi connectivity index (χ4n) is 1.10. The average Bonchev–Trinajstić information content (AvgIpc) is 2.31. The zero-order valence-corrected chi connectivity index (χ0v) is 10.5. The highest BCUT2D eigenvalue weighted by Crippen LogP contribution is 2.19. The minimum Gasteiger partial charge on any atom is -0.480 e. The summed E-state index contributed by atoms with van der Waals surface area (Å²) in [6, 6.07) is 0.137. The third-order valence-corrected chi connectivity index (χ3v) is 2.67. The minimum atomic E-state index is -1.21. The van der Waals surface area contributed by atoms with Gasteiger partial charge in [0.05, 0.1) is 10.6 Å². The molecule has 0 saturated carbocycles. The summed E-state index contributed by atoms with van der Waals surface area (Å²) in [6.07, 6.45) is 6.09. The van der Waals surface area contributed by atoms with Crippen molar-refractivity contribution in [3.8, 4) is 12.3 Å². The molecule has 0 fully saturated rings. The molecule has 0 bridgehead atoms. The number of terminal acetylenes is 1. The number of amides is 1. The van der Waals surface area contributed by atoms with E-state index in [2.05, 4.69) is 16.2 Å². The molecule has 0 radical (unpaired) electrons. The van der Waals surface area contributed by atoms with Crippen molar-refractivity contribution in [1.82, 2.24) is 10.3 Å². The number of carbonyl (C=O) groups excluding carboxylic acids is 1. The van der Waals surface area contributed by atoms with Crippen molar-refractivity contribution in [3.63, 3.8) is 0 Å². The Kier molecular flexibility index (Phi) is 4.95. The van der Waals surface area contributed by atoms with Gasteiger partial charge in [0.15, 0.2) is 0 Å². The first kappa shape index (κ1) is 14.3. The Balaban J connectivity index is 2.84. The second-order valence-corrected chi connectivity index (χ2v) is 4.03. The Labute approximate surface area is 113 Å². The fraction of sp³-hybridized carbons (Fsp3) is 0.182. The van der Waals surface area contributed by atoms with Gasteiger partial charge in [-0.05, 0) is 6.07 Å². The quantitative estimate of drug-likeness (QED) is 0.651. The fourth-order valence-corrected chi connectivity index (χ4v) is 1.37. The van der Waals surface area contributed by atoms with Crippen molar-refractivity contribution in [2.75, 3.05) is 0 Å². The molecule has 7 heteroatoms. The molecule has 0 aliphatic rings. The molecule has 18 heavy (non-hydrogen) atoms. The summed E-state index contributed by atoms with van der Waals surface area (Å²) in [4.78, 5) is 26.2. The third-order valence-electron chi connectivity index (χ3n) is 1.98. The van der Waals surface area contributed by atoms with E-state index in [9.17, 15) is 9.59 Å². The van der Waals surface area contributed by atoms with Gasteiger partial charge >= 0.3 is 5.97 Å². The Hall–Kier alpha value is -1.77. The van der Waals surface area contributed by atoms with E-state index in [1.165, 1.54) is 12.3 Å². The lowest BCUT2D eigenvalue weighted by Gasteiger charge is -2.11. The van der Waals surface area contributed by atoms with E-state index in [1.54, 1.807) is 0 Å². The van der Waals surface area contributed by atoms with E-state index in [0.717, 1.165) is 0 Å². The number of halogens is 2. The summed E-state index contributed by atoms with van der Waals surface area (Å²) < 4.78 is 0. The molecule has 0 saturated heterocycles. The van der Waals surface area contributed by atoms with Gasteiger partial charge in [-0.15, -0.1) is 12.3 Å². The van der Waals surface area contributed by atoms with E-state index in [0.29, 0.717) is 0 Å². The van der Waals surface area contributed by atoms with Crippen molar-refractivity contribution >= 4 is 35.1 Å². The second-order valence-electron chi connectivity index (χ2n) is 3.27. The van der Waals surface area contributed by atoms with E-state index >= 15 is 0 Å². The van der Waals surface area contributed by atoms with Crippen LogP contribution in [0.3, 0.4) is 0 Å². The second kappa shape index (κ2) is 6.24. The number of aromatic nitrogens is 1. The number of carboxylic acids is 1. The molecule has 0 aliphatic carbocycles. The van der Waals surface area contributed by atoms with Gasteiger partial charge in [0.25, 0.3) is 5.91 Å². The van der Waals surface area contributed by atoms with Crippen LogP contribution in [-0.2, 0) is 4.79 Å². The number of carbonyl (C=O) groups is 2. The van der Waals surface area contributed by atoms with Crippen LogP contribution in [0, 0.1) is 12.3 Å².